The fourth-order valence-corrected chi connectivity index (χ4v) is 2.52. The molecular formula is C16H11N3O4. The van der Waals surface area contributed by atoms with E-state index in [1.807, 2.05) is 24.3 Å². The number of nitrogens with one attached hydrogen (secondary N) is 1. The number of benzene rings is 2. The Morgan fingerprint density at radius 2 is 1.96 bits per heavy atom. The number of fused-ring (bicyclic) bond motifs is 2. The first-order chi connectivity index (χ1) is 11.2. The van der Waals surface area contributed by atoms with Crippen molar-refractivity contribution in [3.63, 3.8) is 0 Å². The topological polar surface area (TPSA) is 90.3 Å². The van der Waals surface area contributed by atoms with Crippen molar-refractivity contribution in [2.75, 3.05) is 6.79 Å². The molecule has 2 heterocycles. The molecule has 1 aromatic heterocycles. The Morgan fingerprint density at radius 1 is 1.17 bits per heavy atom. The second-order valence-electron chi connectivity index (χ2n) is 5.01. The normalized spacial score (nSPS) is 13.0. The number of aromatic amines is 1. The molecule has 2 aromatic carbocycles. The van der Waals surface area contributed by atoms with Crippen LogP contribution in [0.2, 0.25) is 0 Å². The van der Waals surface area contributed by atoms with Gasteiger partial charge in [0.05, 0.1) is 27.8 Å². The average molecular weight is 309 g/mol. The van der Waals surface area contributed by atoms with Crippen LogP contribution in [0.3, 0.4) is 0 Å². The van der Waals surface area contributed by atoms with E-state index in [-0.39, 0.29) is 12.5 Å². The van der Waals surface area contributed by atoms with Crippen molar-refractivity contribution in [2.24, 2.45) is 0 Å². The first kappa shape index (κ1) is 13.3. The highest BCUT2D eigenvalue weighted by Crippen LogP contribution is 2.38. The van der Waals surface area contributed by atoms with E-state index in [4.69, 9.17) is 9.47 Å². The van der Waals surface area contributed by atoms with Crippen molar-refractivity contribution >= 4 is 28.7 Å². The third-order valence-corrected chi connectivity index (χ3v) is 3.64. The van der Waals surface area contributed by atoms with E-state index in [0.29, 0.717) is 22.8 Å². The number of rotatable bonds is 3. The van der Waals surface area contributed by atoms with Crippen molar-refractivity contribution in [1.29, 1.82) is 0 Å². The van der Waals surface area contributed by atoms with Gasteiger partial charge in [0, 0.05) is 5.39 Å². The van der Waals surface area contributed by atoms with Crippen molar-refractivity contribution in [1.82, 2.24) is 10.2 Å². The first-order valence-corrected chi connectivity index (χ1v) is 6.91. The fourth-order valence-electron chi connectivity index (χ4n) is 2.52. The zero-order chi connectivity index (χ0) is 15.8. The highest BCUT2D eigenvalue weighted by Gasteiger charge is 2.22. The standard InChI is InChI=1S/C16H11N3O4/c20-19(21)14-8-16-15(22-9-23-16)7-10(14)5-6-13-11-3-1-2-4-12(11)17-18-13/h1-8H,9H2,(H,17,18)/b6-5+. The molecule has 0 unspecified atom stereocenters. The summed E-state index contributed by atoms with van der Waals surface area (Å²) in [6, 6.07) is 10.7. The summed E-state index contributed by atoms with van der Waals surface area (Å²) < 4.78 is 10.5. The van der Waals surface area contributed by atoms with Crippen LogP contribution in [-0.4, -0.2) is 21.9 Å². The van der Waals surface area contributed by atoms with E-state index in [2.05, 4.69) is 10.2 Å². The van der Waals surface area contributed by atoms with Crippen LogP contribution in [0.25, 0.3) is 23.1 Å². The number of aromatic nitrogens is 2. The van der Waals surface area contributed by atoms with Crippen LogP contribution in [0.1, 0.15) is 11.3 Å². The summed E-state index contributed by atoms with van der Waals surface area (Å²) in [6.07, 6.45) is 3.39. The summed E-state index contributed by atoms with van der Waals surface area (Å²) in [5.74, 6) is 0.890. The van der Waals surface area contributed by atoms with Crippen LogP contribution >= 0.6 is 0 Å². The van der Waals surface area contributed by atoms with Crippen molar-refractivity contribution in [2.45, 2.75) is 0 Å². The molecule has 1 N–H and O–H groups in total. The third-order valence-electron chi connectivity index (χ3n) is 3.64. The predicted octanol–water partition coefficient (Wildman–Crippen LogP) is 3.37. The summed E-state index contributed by atoms with van der Waals surface area (Å²) in [6.45, 7) is 0.0731. The lowest BCUT2D eigenvalue weighted by molar-refractivity contribution is -0.385. The minimum absolute atomic E-state index is 0.0367. The molecule has 1 aliphatic rings. The molecule has 7 nitrogen and oxygen atoms in total. The highest BCUT2D eigenvalue weighted by atomic mass is 16.7. The van der Waals surface area contributed by atoms with Gasteiger partial charge in [-0.15, -0.1) is 0 Å². The zero-order valence-corrected chi connectivity index (χ0v) is 11.9. The monoisotopic (exact) mass is 309 g/mol. The molecule has 0 atom stereocenters. The Hall–Kier alpha value is -3.35. The van der Waals surface area contributed by atoms with Gasteiger partial charge >= 0.3 is 0 Å². The van der Waals surface area contributed by atoms with Crippen molar-refractivity contribution < 1.29 is 14.4 Å². The average Bonchev–Trinajstić information content (AvgIpc) is 3.18. The number of H-pyrrole nitrogens is 1. The summed E-state index contributed by atoms with van der Waals surface area (Å²) >= 11 is 0. The van der Waals surface area contributed by atoms with Crippen LogP contribution in [0.15, 0.2) is 36.4 Å². The van der Waals surface area contributed by atoms with Crippen LogP contribution < -0.4 is 9.47 Å². The van der Waals surface area contributed by atoms with Crippen molar-refractivity contribution in [3.05, 3.63) is 57.8 Å². The quantitative estimate of drug-likeness (QED) is 0.591. The van der Waals surface area contributed by atoms with Gasteiger partial charge in [-0.3, -0.25) is 15.2 Å². The van der Waals surface area contributed by atoms with Gasteiger partial charge in [-0.25, -0.2) is 0 Å². The minimum atomic E-state index is -0.440. The lowest BCUT2D eigenvalue weighted by Gasteiger charge is -2.00. The molecular weight excluding hydrogens is 298 g/mol. The smallest absolute Gasteiger partial charge is 0.280 e. The van der Waals surface area contributed by atoms with Gasteiger partial charge in [0.25, 0.3) is 5.69 Å². The largest absolute Gasteiger partial charge is 0.454 e. The second kappa shape index (κ2) is 5.13. The number of hydrogen-bond donors (Lipinski definition) is 1. The van der Waals surface area contributed by atoms with Gasteiger partial charge in [-0.1, -0.05) is 18.2 Å². The molecule has 1 aliphatic heterocycles. The Balaban J connectivity index is 1.77. The van der Waals surface area contributed by atoms with Gasteiger partial charge in [0.2, 0.25) is 6.79 Å². The second-order valence-corrected chi connectivity index (χ2v) is 5.01. The molecule has 114 valence electrons. The summed E-state index contributed by atoms with van der Waals surface area (Å²) in [4.78, 5) is 10.8. The van der Waals surface area contributed by atoms with Gasteiger partial charge in [-0.2, -0.15) is 5.10 Å². The summed E-state index contributed by atoms with van der Waals surface area (Å²) in [5.41, 5.74) is 2.02. The van der Waals surface area contributed by atoms with Gasteiger partial charge in [0.15, 0.2) is 11.5 Å². The Morgan fingerprint density at radius 3 is 2.78 bits per heavy atom. The number of hydrogen-bond acceptors (Lipinski definition) is 5. The van der Waals surface area contributed by atoms with Crippen LogP contribution in [0, 0.1) is 10.1 Å². The molecule has 0 saturated heterocycles. The molecule has 0 saturated carbocycles. The fraction of sp³-hybridized carbons (Fsp3) is 0.0625. The Labute approximate surface area is 130 Å². The van der Waals surface area contributed by atoms with Gasteiger partial charge in [0.1, 0.15) is 0 Å². The maximum Gasteiger partial charge on any atom is 0.280 e. The molecule has 0 fully saturated rings. The van der Waals surface area contributed by atoms with E-state index < -0.39 is 4.92 Å². The zero-order valence-electron chi connectivity index (χ0n) is 11.9. The molecule has 0 aliphatic carbocycles. The summed E-state index contributed by atoms with van der Waals surface area (Å²) in [5, 5.41) is 19.3. The number of nitro benzene ring substituents is 1. The minimum Gasteiger partial charge on any atom is -0.454 e. The van der Waals surface area contributed by atoms with Crippen LogP contribution in [0.4, 0.5) is 5.69 Å². The van der Waals surface area contributed by atoms with E-state index >= 15 is 0 Å². The third kappa shape index (κ3) is 2.28. The SMILES string of the molecule is O=[N+]([O-])c1cc2c(cc1/C=C/c1n[nH]c3ccccc13)OCO2. The molecule has 3 aromatic rings. The maximum atomic E-state index is 11.2. The lowest BCUT2D eigenvalue weighted by atomic mass is 10.1. The number of ether oxygens (including phenoxy) is 2. The molecule has 23 heavy (non-hydrogen) atoms. The summed E-state index contributed by atoms with van der Waals surface area (Å²) in [7, 11) is 0. The van der Waals surface area contributed by atoms with E-state index in [9.17, 15) is 10.1 Å². The van der Waals surface area contributed by atoms with Gasteiger partial charge < -0.3 is 9.47 Å². The highest BCUT2D eigenvalue weighted by molar-refractivity contribution is 5.90. The first-order valence-electron chi connectivity index (χ1n) is 6.91. The molecule has 0 radical (unpaired) electrons. The van der Waals surface area contributed by atoms with E-state index in [0.717, 1.165) is 10.9 Å². The molecule has 0 amide bonds. The Bertz CT molecular complexity index is 946. The molecule has 0 bridgehead atoms. The van der Waals surface area contributed by atoms with Crippen molar-refractivity contribution in [3.8, 4) is 11.5 Å². The number of nitro groups is 1. The van der Waals surface area contributed by atoms with Crippen LogP contribution in [-0.2, 0) is 0 Å². The predicted molar refractivity (Wildman–Crippen MR) is 84.2 cm³/mol. The van der Waals surface area contributed by atoms with Crippen LogP contribution in [0.5, 0.6) is 11.5 Å². The lowest BCUT2D eigenvalue weighted by Crippen LogP contribution is -1.93. The number of nitrogens with zero attached hydrogens (tertiary/aromatic N) is 2. The van der Waals surface area contributed by atoms with E-state index in [1.165, 1.54) is 6.07 Å². The molecule has 0 spiro atoms. The molecule has 4 rings (SSSR count). The molecule has 7 heteroatoms. The van der Waals surface area contributed by atoms with Gasteiger partial charge in [-0.05, 0) is 24.3 Å². The van der Waals surface area contributed by atoms with E-state index in [1.54, 1.807) is 18.2 Å². The number of para-hydroxylation sites is 1. The Kier molecular flexibility index (Phi) is 2.97. The maximum absolute atomic E-state index is 11.2.